The molecular formula is C33H23NO6. The lowest BCUT2D eigenvalue weighted by molar-refractivity contribution is -0.142. The van der Waals surface area contributed by atoms with Crippen LogP contribution in [0.15, 0.2) is 84.9 Å². The molecule has 4 aliphatic rings. The second-order valence-corrected chi connectivity index (χ2v) is 10.7. The minimum Gasteiger partial charge on any atom is -0.454 e. The Balaban J connectivity index is 1.35. The van der Waals surface area contributed by atoms with Gasteiger partial charge in [-0.1, -0.05) is 66.7 Å². The molecule has 0 saturated carbocycles. The van der Waals surface area contributed by atoms with Gasteiger partial charge in [0.15, 0.2) is 11.5 Å². The first-order valence-electron chi connectivity index (χ1n) is 13.3. The van der Waals surface area contributed by atoms with Gasteiger partial charge in [-0.2, -0.15) is 0 Å². The molecule has 0 unspecified atom stereocenters. The minimum atomic E-state index is -0.908. The van der Waals surface area contributed by atoms with Gasteiger partial charge in [0.25, 0.3) is 0 Å². The number of esters is 1. The summed E-state index contributed by atoms with van der Waals surface area (Å²) in [5, 5.41) is 1.77. The van der Waals surface area contributed by atoms with Crippen LogP contribution in [0.25, 0.3) is 16.3 Å². The molecule has 3 heterocycles. The average molecular weight is 530 g/mol. The van der Waals surface area contributed by atoms with Crippen molar-refractivity contribution in [3.8, 4) is 17.2 Å². The summed E-state index contributed by atoms with van der Waals surface area (Å²) in [6, 6.07) is 24.6. The fourth-order valence-electron chi connectivity index (χ4n) is 6.79. The Bertz CT molecular complexity index is 1820. The van der Waals surface area contributed by atoms with E-state index in [0.29, 0.717) is 28.5 Å². The maximum absolute atomic E-state index is 14.2. The highest BCUT2D eigenvalue weighted by molar-refractivity contribution is 6.25. The summed E-state index contributed by atoms with van der Waals surface area (Å²) in [7, 11) is 0. The monoisotopic (exact) mass is 529 g/mol. The maximum atomic E-state index is 14.2. The standard InChI is InChI=1S/C33H23NO6/c1-17-6-2-5-9-24(17)34-31(35)27-22(19-11-13-25-26(14-19)39-16-38-25)15-23-21-12-10-18-7-3-4-8-20(18)30(21)40-33(37)28(23)29(27)32(34)36/h2-15,22,27-29H,16H2,1H3/t22-,27-,28+,29-/m0/s1. The van der Waals surface area contributed by atoms with Gasteiger partial charge in [-0.15, -0.1) is 0 Å². The highest BCUT2D eigenvalue weighted by Gasteiger charge is 2.60. The molecule has 0 radical (unpaired) electrons. The van der Waals surface area contributed by atoms with Crippen LogP contribution in [0.1, 0.15) is 22.6 Å². The summed E-state index contributed by atoms with van der Waals surface area (Å²) in [6.45, 7) is 2.00. The minimum absolute atomic E-state index is 0.128. The SMILES string of the molecule is Cc1ccccc1N1C(=O)[C@@H]2[C@@H]3C(=O)Oc4c(ccc5ccccc45)C3=C[C@@H](c3ccc4c(c3)OCO4)[C@@H]2C1=O. The summed E-state index contributed by atoms with van der Waals surface area (Å²) in [5.74, 6) is -2.55. The molecule has 4 atom stereocenters. The average Bonchev–Trinajstić information content (AvgIpc) is 3.54. The predicted molar refractivity (Wildman–Crippen MR) is 147 cm³/mol. The molecule has 0 aromatic heterocycles. The molecule has 1 aliphatic carbocycles. The molecule has 1 saturated heterocycles. The van der Waals surface area contributed by atoms with Gasteiger partial charge in [-0.05, 0) is 47.2 Å². The predicted octanol–water partition coefficient (Wildman–Crippen LogP) is 5.40. The number of benzene rings is 4. The molecule has 8 rings (SSSR count). The third kappa shape index (κ3) is 3.09. The number of para-hydroxylation sites is 1. The molecule has 40 heavy (non-hydrogen) atoms. The zero-order chi connectivity index (χ0) is 27.1. The Morgan fingerprint density at radius 1 is 0.800 bits per heavy atom. The van der Waals surface area contributed by atoms with Gasteiger partial charge in [0, 0.05) is 16.9 Å². The number of allylic oxidation sites excluding steroid dienone is 1. The van der Waals surface area contributed by atoms with Gasteiger partial charge in [0.2, 0.25) is 18.6 Å². The summed E-state index contributed by atoms with van der Waals surface area (Å²) in [6.07, 6.45) is 1.99. The van der Waals surface area contributed by atoms with E-state index >= 15 is 0 Å². The lowest BCUT2D eigenvalue weighted by atomic mass is 9.64. The van der Waals surface area contributed by atoms with Gasteiger partial charge in [-0.3, -0.25) is 14.4 Å². The first kappa shape index (κ1) is 23.0. The quantitative estimate of drug-likeness (QED) is 0.197. The largest absolute Gasteiger partial charge is 0.454 e. The number of aryl methyl sites for hydroxylation is 1. The van der Waals surface area contributed by atoms with E-state index in [1.165, 1.54) is 4.90 Å². The number of fused-ring (bicyclic) bond motifs is 8. The van der Waals surface area contributed by atoms with Crippen molar-refractivity contribution in [2.24, 2.45) is 17.8 Å². The summed E-state index contributed by atoms with van der Waals surface area (Å²) in [4.78, 5) is 43.4. The van der Waals surface area contributed by atoms with Crippen molar-refractivity contribution < 1.29 is 28.6 Å². The summed E-state index contributed by atoms with van der Waals surface area (Å²) in [5.41, 5.74) is 3.64. The van der Waals surface area contributed by atoms with E-state index in [1.807, 2.05) is 79.7 Å². The first-order chi connectivity index (χ1) is 19.5. The number of rotatable bonds is 2. The topological polar surface area (TPSA) is 82.1 Å². The lowest BCUT2D eigenvalue weighted by Crippen LogP contribution is -2.42. The van der Waals surface area contributed by atoms with Gasteiger partial charge >= 0.3 is 5.97 Å². The van der Waals surface area contributed by atoms with Crippen LogP contribution in [-0.4, -0.2) is 24.6 Å². The molecule has 0 N–H and O–H groups in total. The fraction of sp³-hybridized carbons (Fsp3) is 0.182. The van der Waals surface area contributed by atoms with Crippen molar-refractivity contribution in [3.63, 3.8) is 0 Å². The fourth-order valence-corrected chi connectivity index (χ4v) is 6.79. The lowest BCUT2D eigenvalue weighted by Gasteiger charge is -2.38. The Hall–Kier alpha value is -4.91. The van der Waals surface area contributed by atoms with E-state index in [-0.39, 0.29) is 18.6 Å². The Labute approximate surface area is 229 Å². The molecule has 7 heteroatoms. The molecule has 0 bridgehead atoms. The van der Waals surface area contributed by atoms with Gasteiger partial charge in [0.05, 0.1) is 23.4 Å². The first-order valence-corrected chi connectivity index (χ1v) is 13.3. The van der Waals surface area contributed by atoms with Crippen LogP contribution in [0.3, 0.4) is 0 Å². The number of hydrogen-bond donors (Lipinski definition) is 0. The number of ether oxygens (including phenoxy) is 3. The molecule has 4 aromatic rings. The van der Waals surface area contributed by atoms with Crippen LogP contribution in [0.2, 0.25) is 0 Å². The highest BCUT2D eigenvalue weighted by atomic mass is 16.7. The number of carbonyl (C=O) groups excluding carboxylic acids is 3. The van der Waals surface area contributed by atoms with Crippen LogP contribution in [0.4, 0.5) is 5.69 Å². The van der Waals surface area contributed by atoms with E-state index < -0.39 is 29.6 Å². The van der Waals surface area contributed by atoms with E-state index in [2.05, 4.69) is 0 Å². The Morgan fingerprint density at radius 3 is 2.45 bits per heavy atom. The van der Waals surface area contributed by atoms with Crippen molar-refractivity contribution in [2.45, 2.75) is 12.8 Å². The summed E-state index contributed by atoms with van der Waals surface area (Å²) < 4.78 is 17.1. The Morgan fingerprint density at radius 2 is 1.57 bits per heavy atom. The van der Waals surface area contributed by atoms with Gasteiger partial charge in [0.1, 0.15) is 5.75 Å². The van der Waals surface area contributed by atoms with Crippen LogP contribution in [-0.2, 0) is 14.4 Å². The second kappa shape index (κ2) is 8.29. The van der Waals surface area contributed by atoms with Crippen molar-refractivity contribution in [2.75, 3.05) is 11.7 Å². The molecule has 2 amide bonds. The molecule has 4 aromatic carbocycles. The van der Waals surface area contributed by atoms with E-state index in [4.69, 9.17) is 14.2 Å². The zero-order valence-corrected chi connectivity index (χ0v) is 21.5. The van der Waals surface area contributed by atoms with Crippen LogP contribution in [0, 0.1) is 24.7 Å². The maximum Gasteiger partial charge on any atom is 0.319 e. The van der Waals surface area contributed by atoms with E-state index in [0.717, 1.165) is 27.5 Å². The van der Waals surface area contributed by atoms with E-state index in [1.54, 1.807) is 12.1 Å². The van der Waals surface area contributed by atoms with Crippen molar-refractivity contribution >= 4 is 39.8 Å². The number of imide groups is 1. The molecular weight excluding hydrogens is 506 g/mol. The van der Waals surface area contributed by atoms with Crippen LogP contribution < -0.4 is 19.1 Å². The number of amides is 2. The summed E-state index contributed by atoms with van der Waals surface area (Å²) >= 11 is 0. The van der Waals surface area contributed by atoms with Crippen LogP contribution in [0.5, 0.6) is 17.2 Å². The molecule has 1 fully saturated rings. The molecule has 0 spiro atoms. The number of anilines is 1. The Kier molecular flexibility index (Phi) is 4.77. The van der Waals surface area contributed by atoms with Crippen molar-refractivity contribution in [3.05, 3.63) is 102 Å². The van der Waals surface area contributed by atoms with E-state index in [9.17, 15) is 14.4 Å². The second-order valence-electron chi connectivity index (χ2n) is 10.7. The van der Waals surface area contributed by atoms with Crippen molar-refractivity contribution in [1.29, 1.82) is 0 Å². The number of hydrogen-bond acceptors (Lipinski definition) is 6. The zero-order valence-electron chi connectivity index (χ0n) is 21.5. The van der Waals surface area contributed by atoms with Gasteiger partial charge in [-0.25, -0.2) is 4.90 Å². The number of carbonyl (C=O) groups is 3. The normalized spacial score (nSPS) is 24.4. The molecule has 196 valence electrons. The van der Waals surface area contributed by atoms with Gasteiger partial charge < -0.3 is 14.2 Å². The molecule has 7 nitrogen and oxygen atoms in total. The highest BCUT2D eigenvalue weighted by Crippen LogP contribution is 2.56. The molecule has 3 aliphatic heterocycles. The third-order valence-corrected chi connectivity index (χ3v) is 8.62. The third-order valence-electron chi connectivity index (χ3n) is 8.62. The smallest absolute Gasteiger partial charge is 0.319 e. The number of nitrogens with zero attached hydrogens (tertiary/aromatic N) is 1. The van der Waals surface area contributed by atoms with Crippen LogP contribution >= 0.6 is 0 Å². The van der Waals surface area contributed by atoms with Crippen molar-refractivity contribution in [1.82, 2.24) is 0 Å².